The SMILES string of the molecule is Cn1c(=O)cc(N2NC(=O)C(=Cc3ccccc3O)C2=O)c2ccccc21. The van der Waals surface area contributed by atoms with Crippen LogP contribution in [0, 0.1) is 0 Å². The highest BCUT2D eigenvalue weighted by molar-refractivity contribution is 6.32. The van der Waals surface area contributed by atoms with E-state index in [9.17, 15) is 19.5 Å². The number of aromatic nitrogens is 1. The van der Waals surface area contributed by atoms with Crippen molar-refractivity contribution < 1.29 is 14.7 Å². The van der Waals surface area contributed by atoms with Crippen LogP contribution < -0.4 is 16.0 Å². The van der Waals surface area contributed by atoms with Crippen LogP contribution in [0.25, 0.3) is 17.0 Å². The number of hydrogen-bond acceptors (Lipinski definition) is 4. The molecule has 27 heavy (non-hydrogen) atoms. The second-order valence-electron chi connectivity index (χ2n) is 6.14. The number of amides is 2. The van der Waals surface area contributed by atoms with E-state index in [1.165, 1.54) is 22.8 Å². The summed E-state index contributed by atoms with van der Waals surface area (Å²) < 4.78 is 1.47. The highest BCUT2D eigenvalue weighted by atomic mass is 16.3. The Morgan fingerprint density at radius 1 is 1.00 bits per heavy atom. The zero-order valence-corrected chi connectivity index (χ0v) is 14.3. The minimum atomic E-state index is -0.604. The van der Waals surface area contributed by atoms with E-state index in [-0.39, 0.29) is 16.9 Å². The highest BCUT2D eigenvalue weighted by Crippen LogP contribution is 2.28. The monoisotopic (exact) mass is 361 g/mol. The number of anilines is 1. The van der Waals surface area contributed by atoms with Crippen molar-refractivity contribution >= 4 is 34.5 Å². The van der Waals surface area contributed by atoms with Gasteiger partial charge >= 0.3 is 0 Å². The normalized spacial score (nSPS) is 15.6. The number of hydrogen-bond donors (Lipinski definition) is 2. The van der Waals surface area contributed by atoms with Crippen LogP contribution in [0.5, 0.6) is 5.75 Å². The molecule has 2 N–H and O–H groups in total. The number of carbonyl (C=O) groups is 2. The van der Waals surface area contributed by atoms with Crippen molar-refractivity contribution in [3.8, 4) is 5.75 Å². The van der Waals surface area contributed by atoms with Crippen molar-refractivity contribution in [3.63, 3.8) is 0 Å². The van der Waals surface area contributed by atoms with Gasteiger partial charge in [0.1, 0.15) is 11.3 Å². The second kappa shape index (κ2) is 6.14. The molecule has 2 amide bonds. The number of rotatable bonds is 2. The molecule has 134 valence electrons. The van der Waals surface area contributed by atoms with Crippen LogP contribution in [0.15, 0.2) is 65.0 Å². The third kappa shape index (κ3) is 2.65. The Bertz CT molecular complexity index is 1190. The van der Waals surface area contributed by atoms with Crippen molar-refractivity contribution in [2.75, 3.05) is 5.01 Å². The Labute approximate surface area is 153 Å². The molecule has 0 atom stereocenters. The third-order valence-electron chi connectivity index (χ3n) is 4.50. The lowest BCUT2D eigenvalue weighted by atomic mass is 10.1. The van der Waals surface area contributed by atoms with Gasteiger partial charge in [0, 0.05) is 24.1 Å². The maximum absolute atomic E-state index is 12.9. The number of nitrogens with one attached hydrogen (secondary N) is 1. The topological polar surface area (TPSA) is 91.6 Å². The number of phenolic OH excluding ortho intramolecular Hbond substituents is 1. The van der Waals surface area contributed by atoms with Gasteiger partial charge in [-0.15, -0.1) is 0 Å². The maximum Gasteiger partial charge on any atom is 0.282 e. The van der Waals surface area contributed by atoms with Gasteiger partial charge in [0.25, 0.3) is 17.4 Å². The Morgan fingerprint density at radius 2 is 1.70 bits per heavy atom. The molecule has 7 heteroatoms. The van der Waals surface area contributed by atoms with Gasteiger partial charge in [-0.05, 0) is 18.2 Å². The Balaban J connectivity index is 1.84. The molecular formula is C20H15N3O4. The third-order valence-corrected chi connectivity index (χ3v) is 4.50. The molecular weight excluding hydrogens is 346 g/mol. The molecule has 0 unspecified atom stereocenters. The second-order valence-corrected chi connectivity index (χ2v) is 6.14. The number of fused-ring (bicyclic) bond motifs is 1. The van der Waals surface area contributed by atoms with Gasteiger partial charge in [0.2, 0.25) is 0 Å². The van der Waals surface area contributed by atoms with Crippen molar-refractivity contribution in [2.24, 2.45) is 7.05 Å². The van der Waals surface area contributed by atoms with E-state index in [1.54, 1.807) is 49.5 Å². The van der Waals surface area contributed by atoms with Gasteiger partial charge in [-0.25, -0.2) is 5.01 Å². The minimum Gasteiger partial charge on any atom is -0.507 e. The standard InChI is InChI=1S/C20H15N3O4/c1-22-15-8-4-3-7-13(15)16(11-18(22)25)23-20(27)14(19(26)21-23)10-12-6-2-5-9-17(12)24/h2-11,24H,1H3,(H,21,26). The number of para-hydroxylation sites is 2. The largest absolute Gasteiger partial charge is 0.507 e. The predicted octanol–water partition coefficient (Wildman–Crippen LogP) is 1.71. The molecule has 4 rings (SSSR count). The van der Waals surface area contributed by atoms with Crippen molar-refractivity contribution in [1.82, 2.24) is 9.99 Å². The van der Waals surface area contributed by atoms with Crippen LogP contribution in [0.3, 0.4) is 0 Å². The Kier molecular flexibility index (Phi) is 3.77. The van der Waals surface area contributed by atoms with E-state index in [0.717, 1.165) is 5.01 Å². The summed E-state index contributed by atoms with van der Waals surface area (Å²) in [4.78, 5) is 37.5. The number of aromatic hydroxyl groups is 1. The first-order valence-corrected chi connectivity index (χ1v) is 8.21. The Morgan fingerprint density at radius 3 is 2.48 bits per heavy atom. The fourth-order valence-corrected chi connectivity index (χ4v) is 3.07. The number of pyridine rings is 1. The molecule has 2 heterocycles. The van der Waals surface area contributed by atoms with E-state index in [1.807, 2.05) is 0 Å². The average molecular weight is 361 g/mol. The van der Waals surface area contributed by atoms with Crippen molar-refractivity contribution in [1.29, 1.82) is 0 Å². The molecule has 0 bridgehead atoms. The molecule has 0 aliphatic carbocycles. The molecule has 0 spiro atoms. The van der Waals surface area contributed by atoms with Gasteiger partial charge in [0.05, 0.1) is 11.2 Å². The van der Waals surface area contributed by atoms with E-state index in [2.05, 4.69) is 5.43 Å². The number of carbonyl (C=O) groups excluding carboxylic acids is 2. The summed E-state index contributed by atoms with van der Waals surface area (Å²) in [7, 11) is 1.64. The van der Waals surface area contributed by atoms with Gasteiger partial charge in [-0.2, -0.15) is 0 Å². The zero-order chi connectivity index (χ0) is 19.1. The molecule has 0 radical (unpaired) electrons. The summed E-state index contributed by atoms with van der Waals surface area (Å²) in [5.41, 5.74) is 3.36. The maximum atomic E-state index is 12.9. The molecule has 1 aliphatic rings. The smallest absolute Gasteiger partial charge is 0.282 e. The fourth-order valence-electron chi connectivity index (χ4n) is 3.07. The summed E-state index contributed by atoms with van der Waals surface area (Å²) in [6.07, 6.45) is 1.33. The molecule has 1 fully saturated rings. The quantitative estimate of drug-likeness (QED) is 0.537. The average Bonchev–Trinajstić information content (AvgIpc) is 2.94. The zero-order valence-electron chi connectivity index (χ0n) is 14.3. The number of benzene rings is 2. The summed E-state index contributed by atoms with van der Waals surface area (Å²) in [5.74, 6) is -1.24. The molecule has 1 aliphatic heterocycles. The van der Waals surface area contributed by atoms with Gasteiger partial charge < -0.3 is 9.67 Å². The first-order chi connectivity index (χ1) is 13.0. The van der Waals surface area contributed by atoms with Crippen LogP contribution in [0.1, 0.15) is 5.56 Å². The van der Waals surface area contributed by atoms with Crippen LogP contribution in [-0.2, 0) is 16.6 Å². The summed E-state index contributed by atoms with van der Waals surface area (Å²) in [6.45, 7) is 0. The number of nitrogens with zero attached hydrogens (tertiary/aromatic N) is 2. The summed E-state index contributed by atoms with van der Waals surface area (Å²) in [5, 5.41) is 11.6. The van der Waals surface area contributed by atoms with Crippen LogP contribution in [0.2, 0.25) is 0 Å². The first kappa shape index (κ1) is 16.6. The lowest BCUT2D eigenvalue weighted by molar-refractivity contribution is -0.117. The van der Waals surface area contributed by atoms with Crippen LogP contribution in [-0.4, -0.2) is 21.5 Å². The Hall–Kier alpha value is -3.87. The molecule has 0 saturated carbocycles. The summed E-state index contributed by atoms with van der Waals surface area (Å²) >= 11 is 0. The number of hydrazine groups is 1. The molecule has 3 aromatic rings. The van der Waals surface area contributed by atoms with Crippen molar-refractivity contribution in [2.45, 2.75) is 0 Å². The molecule has 1 aromatic heterocycles. The van der Waals surface area contributed by atoms with Crippen LogP contribution >= 0.6 is 0 Å². The molecule has 2 aromatic carbocycles. The van der Waals surface area contributed by atoms with E-state index in [4.69, 9.17) is 0 Å². The van der Waals surface area contributed by atoms with Gasteiger partial charge in [-0.1, -0.05) is 36.4 Å². The lowest BCUT2D eigenvalue weighted by Crippen LogP contribution is -2.37. The highest BCUT2D eigenvalue weighted by Gasteiger charge is 2.35. The van der Waals surface area contributed by atoms with E-state index in [0.29, 0.717) is 22.2 Å². The summed E-state index contributed by atoms with van der Waals surface area (Å²) in [6, 6.07) is 14.8. The van der Waals surface area contributed by atoms with Gasteiger partial charge in [-0.3, -0.25) is 19.8 Å². The first-order valence-electron chi connectivity index (χ1n) is 8.21. The predicted molar refractivity (Wildman–Crippen MR) is 101 cm³/mol. The number of phenols is 1. The van der Waals surface area contributed by atoms with E-state index >= 15 is 0 Å². The number of aryl methyl sites for hydroxylation is 1. The van der Waals surface area contributed by atoms with Gasteiger partial charge in [0.15, 0.2) is 0 Å². The van der Waals surface area contributed by atoms with Crippen LogP contribution in [0.4, 0.5) is 5.69 Å². The molecule has 1 saturated heterocycles. The molecule has 7 nitrogen and oxygen atoms in total. The fraction of sp³-hybridized carbons (Fsp3) is 0.0500. The van der Waals surface area contributed by atoms with Crippen molar-refractivity contribution in [3.05, 3.63) is 76.1 Å². The van der Waals surface area contributed by atoms with E-state index < -0.39 is 11.8 Å². The lowest BCUT2D eigenvalue weighted by Gasteiger charge is -2.18. The minimum absolute atomic E-state index is 0.0388.